The van der Waals surface area contributed by atoms with Crippen LogP contribution in [0.5, 0.6) is 0 Å². The normalized spacial score (nSPS) is 18.2. The number of thioether (sulfide) groups is 1. The first-order chi connectivity index (χ1) is 16.5. The van der Waals surface area contributed by atoms with Crippen LogP contribution in [0.2, 0.25) is 0 Å². The third kappa shape index (κ3) is 4.50. The lowest BCUT2D eigenvalue weighted by Gasteiger charge is -2.23. The molecule has 6 nitrogen and oxygen atoms in total. The van der Waals surface area contributed by atoms with Crippen LogP contribution in [0.4, 0.5) is 10.2 Å². The highest BCUT2D eigenvalue weighted by atomic mass is 32.2. The largest absolute Gasteiger partial charge is 0.356 e. The first-order valence-corrected chi connectivity index (χ1v) is 12.5. The van der Waals surface area contributed by atoms with Gasteiger partial charge < -0.3 is 4.90 Å². The first-order valence-electron chi connectivity index (χ1n) is 11.3. The number of hydrogen-bond acceptors (Lipinski definition) is 6. The molecule has 9 heteroatoms. The van der Waals surface area contributed by atoms with Crippen LogP contribution in [0.3, 0.4) is 0 Å². The fourth-order valence-corrected chi connectivity index (χ4v) is 5.52. The van der Waals surface area contributed by atoms with Gasteiger partial charge >= 0.3 is 0 Å². The third-order valence-electron chi connectivity index (χ3n) is 6.06. The van der Waals surface area contributed by atoms with Crippen LogP contribution in [0.1, 0.15) is 36.8 Å². The van der Waals surface area contributed by atoms with E-state index in [9.17, 15) is 14.0 Å². The number of carbonyl (C=O) groups is 1. The van der Waals surface area contributed by atoms with E-state index < -0.39 is 0 Å². The topological polar surface area (TPSA) is 57.9 Å². The summed E-state index contributed by atoms with van der Waals surface area (Å²) in [6, 6.07) is 11.4. The second-order valence-corrected chi connectivity index (χ2v) is 10.1. The highest BCUT2D eigenvalue weighted by molar-refractivity contribution is 8.26. The van der Waals surface area contributed by atoms with Gasteiger partial charge in [-0.3, -0.25) is 18.9 Å². The molecule has 1 aromatic carbocycles. The molecule has 0 aliphatic carbocycles. The zero-order valence-corrected chi connectivity index (χ0v) is 20.1. The van der Waals surface area contributed by atoms with Crippen molar-refractivity contribution in [2.45, 2.75) is 32.2 Å². The van der Waals surface area contributed by atoms with Crippen molar-refractivity contribution in [3.63, 3.8) is 0 Å². The van der Waals surface area contributed by atoms with Gasteiger partial charge in [0.15, 0.2) is 0 Å². The Morgan fingerprint density at radius 2 is 1.76 bits per heavy atom. The number of rotatable bonds is 4. The van der Waals surface area contributed by atoms with Gasteiger partial charge in [0.05, 0.1) is 17.0 Å². The Kier molecular flexibility index (Phi) is 6.47. The smallest absolute Gasteiger partial charge is 0.267 e. The molecule has 1 amide bonds. The molecule has 0 atom stereocenters. The molecule has 0 saturated carbocycles. The lowest BCUT2D eigenvalue weighted by Crippen LogP contribution is -2.30. The number of amides is 1. The van der Waals surface area contributed by atoms with Crippen LogP contribution in [0.15, 0.2) is 58.4 Å². The average molecular weight is 495 g/mol. The number of benzene rings is 1. The Morgan fingerprint density at radius 1 is 1.03 bits per heavy atom. The van der Waals surface area contributed by atoms with E-state index in [2.05, 4.69) is 4.90 Å². The molecule has 3 aromatic rings. The molecular weight excluding hydrogens is 471 g/mol. The molecule has 2 aliphatic rings. The zero-order valence-electron chi connectivity index (χ0n) is 18.4. The van der Waals surface area contributed by atoms with Crippen LogP contribution in [-0.2, 0) is 11.3 Å². The van der Waals surface area contributed by atoms with Gasteiger partial charge in [0.1, 0.15) is 21.6 Å². The molecule has 0 spiro atoms. The number of anilines is 1. The summed E-state index contributed by atoms with van der Waals surface area (Å²) in [4.78, 5) is 35.6. The molecule has 2 aromatic heterocycles. The zero-order chi connectivity index (χ0) is 23.7. The summed E-state index contributed by atoms with van der Waals surface area (Å²) in [5.74, 6) is 0.0139. The van der Waals surface area contributed by atoms with Crippen molar-refractivity contribution in [1.82, 2.24) is 14.3 Å². The fourth-order valence-electron chi connectivity index (χ4n) is 4.28. The maximum Gasteiger partial charge on any atom is 0.267 e. The van der Waals surface area contributed by atoms with Crippen LogP contribution >= 0.6 is 24.0 Å². The summed E-state index contributed by atoms with van der Waals surface area (Å²) >= 11 is 6.64. The van der Waals surface area contributed by atoms with Crippen molar-refractivity contribution >= 4 is 51.7 Å². The molecular formula is C25H23FN4O2S2. The van der Waals surface area contributed by atoms with E-state index in [-0.39, 0.29) is 23.8 Å². The second kappa shape index (κ2) is 9.68. The van der Waals surface area contributed by atoms with Gasteiger partial charge in [-0.25, -0.2) is 9.37 Å². The number of pyridine rings is 1. The van der Waals surface area contributed by atoms with Crippen LogP contribution in [-0.4, -0.2) is 37.6 Å². The molecule has 0 N–H and O–H groups in total. The quantitative estimate of drug-likeness (QED) is 0.390. The van der Waals surface area contributed by atoms with Gasteiger partial charge in [-0.1, -0.05) is 55.0 Å². The number of nitrogens with zero attached hydrogens (tertiary/aromatic N) is 4. The summed E-state index contributed by atoms with van der Waals surface area (Å²) in [6.45, 7) is 1.89. The number of halogens is 1. The van der Waals surface area contributed by atoms with Crippen LogP contribution < -0.4 is 10.5 Å². The van der Waals surface area contributed by atoms with Gasteiger partial charge in [-0.05, 0) is 48.7 Å². The highest BCUT2D eigenvalue weighted by Crippen LogP contribution is 2.34. The Hall–Kier alpha value is -3.04. The molecule has 0 radical (unpaired) electrons. The molecule has 0 bridgehead atoms. The molecule has 174 valence electrons. The number of thiocarbonyl (C=S) groups is 1. The lowest BCUT2D eigenvalue weighted by atomic mass is 10.2. The molecule has 4 heterocycles. The van der Waals surface area contributed by atoms with Gasteiger partial charge in [0.2, 0.25) is 0 Å². The summed E-state index contributed by atoms with van der Waals surface area (Å²) < 4.78 is 15.2. The Bertz CT molecular complexity index is 1350. The minimum Gasteiger partial charge on any atom is -0.356 e. The predicted molar refractivity (Wildman–Crippen MR) is 137 cm³/mol. The maximum atomic E-state index is 13.5. The van der Waals surface area contributed by atoms with E-state index in [1.165, 1.54) is 33.2 Å². The second-order valence-electron chi connectivity index (χ2n) is 8.38. The summed E-state index contributed by atoms with van der Waals surface area (Å²) in [6.07, 6.45) is 7.71. The van der Waals surface area contributed by atoms with Crippen LogP contribution in [0.25, 0.3) is 11.7 Å². The maximum absolute atomic E-state index is 13.5. The third-order valence-corrected chi connectivity index (χ3v) is 7.44. The van der Waals surface area contributed by atoms with Crippen molar-refractivity contribution < 1.29 is 9.18 Å². The van der Waals surface area contributed by atoms with Crippen molar-refractivity contribution in [1.29, 1.82) is 0 Å². The molecule has 34 heavy (non-hydrogen) atoms. The molecule has 0 unspecified atom stereocenters. The highest BCUT2D eigenvalue weighted by Gasteiger charge is 2.33. The van der Waals surface area contributed by atoms with Crippen molar-refractivity contribution in [2.24, 2.45) is 0 Å². The molecule has 2 saturated heterocycles. The van der Waals surface area contributed by atoms with Crippen LogP contribution in [0, 0.1) is 5.82 Å². The lowest BCUT2D eigenvalue weighted by molar-refractivity contribution is -0.122. The van der Waals surface area contributed by atoms with Gasteiger partial charge in [-0.2, -0.15) is 0 Å². The van der Waals surface area contributed by atoms with E-state index in [0.717, 1.165) is 44.3 Å². The first kappa shape index (κ1) is 22.7. The van der Waals surface area contributed by atoms with E-state index in [1.54, 1.807) is 30.5 Å². The predicted octanol–water partition coefficient (Wildman–Crippen LogP) is 4.62. The van der Waals surface area contributed by atoms with Crippen molar-refractivity contribution in [3.05, 3.63) is 80.9 Å². The fraction of sp³-hybridized carbons (Fsp3) is 0.280. The summed E-state index contributed by atoms with van der Waals surface area (Å²) in [5, 5.41) is 0. The monoisotopic (exact) mass is 494 g/mol. The summed E-state index contributed by atoms with van der Waals surface area (Å²) in [5.41, 5.74) is 1.53. The van der Waals surface area contributed by atoms with Gasteiger partial charge in [0.25, 0.3) is 11.5 Å². The van der Waals surface area contributed by atoms with E-state index >= 15 is 0 Å². The number of hydrogen-bond donors (Lipinski definition) is 0. The van der Waals surface area contributed by atoms with Gasteiger partial charge in [0, 0.05) is 19.3 Å². The Labute approximate surface area is 206 Å². The summed E-state index contributed by atoms with van der Waals surface area (Å²) in [7, 11) is 0. The number of carbonyl (C=O) groups excluding carboxylic acids is 1. The molecule has 2 aliphatic heterocycles. The molecule has 2 fully saturated rings. The van der Waals surface area contributed by atoms with Crippen molar-refractivity contribution in [3.8, 4) is 0 Å². The molecule has 5 rings (SSSR count). The van der Waals surface area contributed by atoms with Gasteiger partial charge in [-0.15, -0.1) is 0 Å². The minimum absolute atomic E-state index is 0.214. The van der Waals surface area contributed by atoms with Crippen molar-refractivity contribution in [2.75, 3.05) is 18.0 Å². The SMILES string of the molecule is O=C1/C(=C\c2c(N3CCCCCC3)nc3ccccn3c2=O)SC(=S)N1Cc1ccc(F)cc1. The average Bonchev–Trinajstić information content (AvgIpc) is 3.02. The van der Waals surface area contributed by atoms with E-state index in [0.29, 0.717) is 26.3 Å². The number of fused-ring (bicyclic) bond motifs is 1. The minimum atomic E-state index is -0.334. The number of aromatic nitrogens is 2. The Balaban J connectivity index is 1.54. The van der Waals surface area contributed by atoms with E-state index in [4.69, 9.17) is 17.2 Å². The standard InChI is InChI=1S/C25H23FN4O2S2/c26-18-10-8-17(9-11-18)16-30-24(32)20(34-25(30)33)15-19-22(28-12-4-1-2-5-13-28)27-21-7-3-6-14-29(21)23(19)31/h3,6-11,14-15H,1-2,4-5,12-13,16H2/b20-15+. The van der Waals surface area contributed by atoms with E-state index in [1.807, 2.05) is 12.1 Å². The Morgan fingerprint density at radius 3 is 2.50 bits per heavy atom.